The minimum atomic E-state index is -4.77. The Hall–Kier alpha value is -7.10. The van der Waals surface area contributed by atoms with Crippen molar-refractivity contribution < 1.29 is 51.7 Å². The average molecular weight is 964 g/mol. The monoisotopic (exact) mass is 962 g/mol. The maximum atomic E-state index is 15.6. The summed E-state index contributed by atoms with van der Waals surface area (Å²) in [5.74, 6) is -5.75. The zero-order valence-corrected chi connectivity index (χ0v) is 37.6. The molecule has 1 aromatic heterocycles. The third kappa shape index (κ3) is 7.26. The number of aromatic hydroxyl groups is 1. The molecular weight excluding hydrogens is 924 g/mol. The number of fused-ring (bicyclic) bond motifs is 5. The Morgan fingerprint density at radius 2 is 1.65 bits per heavy atom. The number of alkyl halides is 3. The molecule has 2 saturated heterocycles. The van der Waals surface area contributed by atoms with Crippen LogP contribution in [0.3, 0.4) is 0 Å². The lowest BCUT2D eigenvalue weighted by Crippen LogP contribution is -2.55. The zero-order valence-electron chi connectivity index (χ0n) is 36.1. The van der Waals surface area contributed by atoms with Crippen LogP contribution >= 0.6 is 23.2 Å². The first-order valence-corrected chi connectivity index (χ1v) is 22.3. The molecule has 6 atom stereocenters. The summed E-state index contributed by atoms with van der Waals surface area (Å²) in [6.07, 6.45) is 3.12. The first kappa shape index (κ1) is 44.7. The van der Waals surface area contributed by atoms with Gasteiger partial charge in [0.1, 0.15) is 23.0 Å². The topological polar surface area (TPSA) is 148 Å². The van der Waals surface area contributed by atoms with Gasteiger partial charge in [-0.05, 0) is 102 Å². The molecule has 0 bridgehead atoms. The standard InChI is InChI=1S/C51H39Cl2F3N4O8/c1-66-35-14-18-41(67-2)27(21-35)6-3-26-4-11-33(12-5-26)59-46(62)37-16-15-36-38(43(37)48(59)64)23-39-47(63)60(58-45-40(53)22-31(24-57-45)51(54,55)56)49(65)50(39,30-7-9-32(52)10-8-30)44(36)29-19-28-20-34(61)13-17-42(28)68-25-29/h3-15,17-18,20-22,24-25,37-39,43-44,61H,16,19,23H2,1-2H3,(H,57,58)/t37-,38+,39-,43-,44-,50+/m0/s1. The minimum absolute atomic E-state index is 0.0279. The molecule has 2 N–H and O–H groups in total. The van der Waals surface area contributed by atoms with Gasteiger partial charge in [-0.3, -0.25) is 29.5 Å². The summed E-state index contributed by atoms with van der Waals surface area (Å²) in [5, 5.41) is 11.1. The van der Waals surface area contributed by atoms with E-state index in [1.165, 1.54) is 17.2 Å². The number of amides is 4. The predicted octanol–water partition coefficient (Wildman–Crippen LogP) is 9.84. The van der Waals surface area contributed by atoms with Crippen LogP contribution in [-0.2, 0) is 37.2 Å². The molecule has 17 heteroatoms. The van der Waals surface area contributed by atoms with E-state index in [-0.39, 0.29) is 30.8 Å². The van der Waals surface area contributed by atoms with Gasteiger partial charge in [-0.2, -0.15) is 18.2 Å². The van der Waals surface area contributed by atoms with Gasteiger partial charge in [0.2, 0.25) is 11.8 Å². The van der Waals surface area contributed by atoms with E-state index in [0.29, 0.717) is 62.5 Å². The average Bonchev–Trinajstić information content (AvgIpc) is 3.71. The van der Waals surface area contributed by atoms with Crippen molar-refractivity contribution in [2.24, 2.45) is 29.6 Å². The van der Waals surface area contributed by atoms with Gasteiger partial charge < -0.3 is 19.3 Å². The molecule has 5 aliphatic rings. The second-order valence-electron chi connectivity index (χ2n) is 17.2. The molecule has 4 amide bonds. The van der Waals surface area contributed by atoms with Crippen molar-refractivity contribution in [2.45, 2.75) is 30.9 Å². The number of halogens is 5. The molecule has 0 spiro atoms. The number of benzene rings is 4. The maximum absolute atomic E-state index is 15.6. The maximum Gasteiger partial charge on any atom is 0.417 e. The molecule has 2 aliphatic carbocycles. The number of methoxy groups -OCH3 is 2. The van der Waals surface area contributed by atoms with E-state index in [2.05, 4.69) is 10.4 Å². The Morgan fingerprint density at radius 1 is 0.882 bits per heavy atom. The summed E-state index contributed by atoms with van der Waals surface area (Å²) < 4.78 is 58.0. The molecule has 4 aromatic carbocycles. The Bertz CT molecular complexity index is 3030. The summed E-state index contributed by atoms with van der Waals surface area (Å²) in [5.41, 5.74) is 3.82. The number of pyridine rings is 1. The molecule has 3 aliphatic heterocycles. The molecule has 4 heterocycles. The molecule has 0 radical (unpaired) electrons. The number of carbonyl (C=O) groups excluding carboxylic acids is 4. The highest BCUT2D eigenvalue weighted by molar-refractivity contribution is 6.33. The molecule has 5 aromatic rings. The van der Waals surface area contributed by atoms with Gasteiger partial charge in [-0.1, -0.05) is 71.3 Å². The summed E-state index contributed by atoms with van der Waals surface area (Å²) in [6.45, 7) is 0. The number of anilines is 2. The lowest BCUT2D eigenvalue weighted by Gasteiger charge is -2.51. The lowest BCUT2D eigenvalue weighted by molar-refractivity contribution is -0.139. The highest BCUT2D eigenvalue weighted by Crippen LogP contribution is 2.63. The second-order valence-corrected chi connectivity index (χ2v) is 18.1. The Kier molecular flexibility index (Phi) is 11.1. The van der Waals surface area contributed by atoms with Crippen LogP contribution < -0.4 is 24.5 Å². The van der Waals surface area contributed by atoms with Gasteiger partial charge in [0.15, 0.2) is 5.82 Å². The number of ether oxygens (including phenoxy) is 3. The van der Waals surface area contributed by atoms with Crippen molar-refractivity contribution in [3.05, 3.63) is 159 Å². The normalized spacial score (nSPS) is 24.2. The van der Waals surface area contributed by atoms with E-state index in [4.69, 9.17) is 37.4 Å². The third-order valence-electron chi connectivity index (χ3n) is 13.7. The van der Waals surface area contributed by atoms with Gasteiger partial charge in [-0.15, -0.1) is 0 Å². The lowest BCUT2D eigenvalue weighted by atomic mass is 9.48. The number of hydrogen-bond acceptors (Lipinski definition) is 10. The molecule has 0 unspecified atom stereocenters. The Morgan fingerprint density at radius 3 is 2.35 bits per heavy atom. The molecule has 3 fully saturated rings. The van der Waals surface area contributed by atoms with Crippen LogP contribution in [0.15, 0.2) is 121 Å². The number of hydrazine groups is 1. The summed E-state index contributed by atoms with van der Waals surface area (Å²) in [4.78, 5) is 65.2. The molecule has 10 rings (SSSR count). The molecular formula is C51H39Cl2F3N4O8. The van der Waals surface area contributed by atoms with Gasteiger partial charge in [0.25, 0.3) is 11.8 Å². The molecule has 68 heavy (non-hydrogen) atoms. The first-order valence-electron chi connectivity index (χ1n) is 21.5. The van der Waals surface area contributed by atoms with E-state index in [9.17, 15) is 27.9 Å². The number of aromatic nitrogens is 1. The highest BCUT2D eigenvalue weighted by atomic mass is 35.5. The fraction of sp³-hybridized carbons (Fsp3) is 0.235. The largest absolute Gasteiger partial charge is 0.508 e. The van der Waals surface area contributed by atoms with Crippen molar-refractivity contribution >= 4 is 70.5 Å². The van der Waals surface area contributed by atoms with Crippen LogP contribution in [0.2, 0.25) is 10.0 Å². The highest BCUT2D eigenvalue weighted by Gasteiger charge is 2.71. The number of hydrogen-bond donors (Lipinski definition) is 2. The summed E-state index contributed by atoms with van der Waals surface area (Å²) in [7, 11) is 3.15. The van der Waals surface area contributed by atoms with Crippen molar-refractivity contribution in [3.63, 3.8) is 0 Å². The number of rotatable bonds is 9. The van der Waals surface area contributed by atoms with Gasteiger partial charge in [0, 0.05) is 34.7 Å². The second kappa shape index (κ2) is 16.9. The van der Waals surface area contributed by atoms with Crippen molar-refractivity contribution in [1.29, 1.82) is 0 Å². The van der Waals surface area contributed by atoms with Crippen molar-refractivity contribution in [3.8, 4) is 23.0 Å². The number of imide groups is 2. The Balaban J connectivity index is 1.05. The first-order chi connectivity index (χ1) is 32.6. The van der Waals surface area contributed by atoms with Crippen LogP contribution in [-0.4, -0.2) is 52.9 Å². The van der Waals surface area contributed by atoms with E-state index in [0.717, 1.165) is 16.1 Å². The minimum Gasteiger partial charge on any atom is -0.508 e. The van der Waals surface area contributed by atoms with Crippen LogP contribution in [0.4, 0.5) is 24.7 Å². The number of carbonyl (C=O) groups is 4. The Labute approximate surface area is 397 Å². The smallest absolute Gasteiger partial charge is 0.417 e. The fourth-order valence-electron chi connectivity index (χ4n) is 10.7. The predicted molar refractivity (Wildman–Crippen MR) is 246 cm³/mol. The van der Waals surface area contributed by atoms with Crippen LogP contribution in [0.5, 0.6) is 23.0 Å². The zero-order chi connectivity index (χ0) is 47.8. The van der Waals surface area contributed by atoms with Gasteiger partial charge in [0.05, 0.1) is 59.9 Å². The van der Waals surface area contributed by atoms with Crippen molar-refractivity contribution in [2.75, 3.05) is 24.5 Å². The van der Waals surface area contributed by atoms with E-state index >= 15 is 9.59 Å². The molecule has 346 valence electrons. The third-order valence-corrected chi connectivity index (χ3v) is 14.3. The van der Waals surface area contributed by atoms with Crippen LogP contribution in [0.1, 0.15) is 40.7 Å². The number of nitrogens with zero attached hydrogens (tertiary/aromatic N) is 3. The number of nitrogens with one attached hydrogen (secondary N) is 1. The number of allylic oxidation sites excluding steroid dienone is 3. The summed E-state index contributed by atoms with van der Waals surface area (Å²) >= 11 is 12.8. The summed E-state index contributed by atoms with van der Waals surface area (Å²) in [6, 6.07) is 24.1. The molecule has 12 nitrogen and oxygen atoms in total. The number of phenolic OH excluding ortho intramolecular Hbond substituents is 1. The molecule has 1 saturated carbocycles. The van der Waals surface area contributed by atoms with Gasteiger partial charge >= 0.3 is 6.18 Å². The van der Waals surface area contributed by atoms with Crippen LogP contribution in [0.25, 0.3) is 12.2 Å². The fourth-order valence-corrected chi connectivity index (χ4v) is 11.1. The van der Waals surface area contributed by atoms with Gasteiger partial charge in [-0.25, -0.2) is 4.98 Å². The van der Waals surface area contributed by atoms with E-state index in [1.807, 2.05) is 24.3 Å². The van der Waals surface area contributed by atoms with Crippen molar-refractivity contribution in [1.82, 2.24) is 9.99 Å². The SMILES string of the molecule is COc1ccc(OC)c(C=Cc2ccc(N3C(=O)[C@H]4[C@H](CC=C5[C@H](C6=COc7ccc(O)cc7C6)[C@]6(c7ccc(Cl)cc7)C(=O)N(Nc7ncc(C(F)(F)F)cc7Cl)C(=O)[C@@H]6C[C@H]54)C3=O)cc2)c1. The van der Waals surface area contributed by atoms with E-state index < -0.39 is 75.4 Å². The quantitative estimate of drug-likeness (QED) is 0.0832. The van der Waals surface area contributed by atoms with E-state index in [1.54, 1.807) is 87.0 Å². The van der Waals surface area contributed by atoms with Crippen LogP contribution in [0, 0.1) is 29.6 Å². The number of phenols is 1.